The van der Waals surface area contributed by atoms with Crippen LogP contribution in [-0.4, -0.2) is 71.7 Å². The summed E-state index contributed by atoms with van der Waals surface area (Å²) in [6, 6.07) is 17.4. The van der Waals surface area contributed by atoms with E-state index in [0.717, 1.165) is 18.4 Å². The van der Waals surface area contributed by atoms with Crippen LogP contribution in [-0.2, 0) is 12.8 Å². The molecule has 0 saturated carbocycles. The number of likely N-dealkylation sites (N-methyl/N-ethyl adjacent to an activating group) is 2. The summed E-state index contributed by atoms with van der Waals surface area (Å²) in [4.78, 5) is 17.8. The summed E-state index contributed by atoms with van der Waals surface area (Å²) in [7, 11) is 8.23. The van der Waals surface area contributed by atoms with Crippen molar-refractivity contribution in [2.75, 3.05) is 28.2 Å². The van der Waals surface area contributed by atoms with E-state index in [9.17, 15) is 9.90 Å². The standard InChI is InChI=1S/C16H24N2O2.C11H16N2/c1-16(2,3)18(15(19)20)14-12-9-7-6-8-11(12)10-13(14)17(4)5;1-13(2)10-7-8-5-3-4-6-9(8)11(10)12/h6-9,13-14H,10H2,1-5H3,(H,19,20);3-6,10-11H,7,12H2,1-2H3/t13-,14-;10-,11-/m11/s1. The van der Waals surface area contributed by atoms with E-state index >= 15 is 0 Å². The molecule has 33 heavy (non-hydrogen) atoms. The minimum absolute atomic E-state index is 0.112. The van der Waals surface area contributed by atoms with Crippen LogP contribution in [0.1, 0.15) is 55.1 Å². The molecule has 1 amide bonds. The first-order chi connectivity index (χ1) is 15.4. The van der Waals surface area contributed by atoms with E-state index in [1.54, 1.807) is 4.90 Å². The van der Waals surface area contributed by atoms with Gasteiger partial charge in [0.2, 0.25) is 0 Å². The van der Waals surface area contributed by atoms with E-state index in [0.29, 0.717) is 6.04 Å². The molecule has 3 N–H and O–H groups in total. The summed E-state index contributed by atoms with van der Waals surface area (Å²) in [5.41, 5.74) is 10.9. The summed E-state index contributed by atoms with van der Waals surface area (Å²) in [6.07, 6.45) is 1.13. The molecule has 6 heteroatoms. The molecule has 0 heterocycles. The molecule has 2 aromatic rings. The highest BCUT2D eigenvalue weighted by atomic mass is 16.4. The number of carbonyl (C=O) groups is 1. The van der Waals surface area contributed by atoms with Crippen molar-refractivity contribution in [3.63, 3.8) is 0 Å². The number of hydrogen-bond acceptors (Lipinski definition) is 4. The number of amides is 1. The van der Waals surface area contributed by atoms with Crippen LogP contribution in [0.5, 0.6) is 0 Å². The predicted octanol–water partition coefficient (Wildman–Crippen LogP) is 4.17. The van der Waals surface area contributed by atoms with Crippen LogP contribution >= 0.6 is 0 Å². The average Bonchev–Trinajstić information content (AvgIpc) is 3.26. The van der Waals surface area contributed by atoms with E-state index in [2.05, 4.69) is 60.3 Å². The van der Waals surface area contributed by atoms with Gasteiger partial charge in [0, 0.05) is 23.7 Å². The predicted molar refractivity (Wildman–Crippen MR) is 135 cm³/mol. The highest BCUT2D eigenvalue weighted by Crippen LogP contribution is 2.41. The van der Waals surface area contributed by atoms with E-state index in [4.69, 9.17) is 5.73 Å². The van der Waals surface area contributed by atoms with Crippen LogP contribution in [0.25, 0.3) is 0 Å². The van der Waals surface area contributed by atoms with Gasteiger partial charge < -0.3 is 20.6 Å². The SMILES string of the molecule is CN(C)[C@@H]1Cc2ccccc2[C@H]1N.CN(C)[C@@H]1Cc2ccccc2[C@H]1N(C(=O)O)C(C)(C)C. The first kappa shape index (κ1) is 25.2. The minimum atomic E-state index is -0.856. The Bertz CT molecular complexity index is 967. The molecule has 180 valence electrons. The van der Waals surface area contributed by atoms with Crippen molar-refractivity contribution in [3.8, 4) is 0 Å². The van der Waals surface area contributed by atoms with Gasteiger partial charge in [-0.3, -0.25) is 4.90 Å². The second-order valence-electron chi connectivity index (χ2n) is 10.7. The number of hydrogen-bond donors (Lipinski definition) is 2. The maximum atomic E-state index is 11.8. The highest BCUT2D eigenvalue weighted by Gasteiger charge is 2.44. The van der Waals surface area contributed by atoms with Crippen LogP contribution in [0.15, 0.2) is 48.5 Å². The lowest BCUT2D eigenvalue weighted by atomic mass is 9.97. The molecular formula is C27H40N4O2. The fourth-order valence-electron chi connectivity index (χ4n) is 5.26. The number of rotatable bonds is 3. The average molecular weight is 453 g/mol. The monoisotopic (exact) mass is 452 g/mol. The highest BCUT2D eigenvalue weighted by molar-refractivity contribution is 5.67. The summed E-state index contributed by atoms with van der Waals surface area (Å²) < 4.78 is 0. The van der Waals surface area contributed by atoms with Gasteiger partial charge >= 0.3 is 6.09 Å². The van der Waals surface area contributed by atoms with E-state index in [1.165, 1.54) is 16.7 Å². The second kappa shape index (κ2) is 9.84. The summed E-state index contributed by atoms with van der Waals surface area (Å²) in [5, 5.41) is 9.70. The number of fused-ring (bicyclic) bond motifs is 2. The fourth-order valence-corrected chi connectivity index (χ4v) is 5.26. The molecule has 0 aliphatic heterocycles. The third-order valence-corrected chi connectivity index (χ3v) is 6.96. The van der Waals surface area contributed by atoms with E-state index in [-0.39, 0.29) is 18.1 Å². The van der Waals surface area contributed by atoms with Crippen LogP contribution in [0.3, 0.4) is 0 Å². The topological polar surface area (TPSA) is 73.0 Å². The quantitative estimate of drug-likeness (QED) is 0.731. The van der Waals surface area contributed by atoms with Crippen molar-refractivity contribution >= 4 is 6.09 Å². The molecule has 4 rings (SSSR count). The number of nitrogens with zero attached hydrogens (tertiary/aromatic N) is 3. The Labute approximate surface area is 199 Å². The Hall–Kier alpha value is -2.41. The summed E-state index contributed by atoms with van der Waals surface area (Å²) >= 11 is 0. The third kappa shape index (κ3) is 5.24. The third-order valence-electron chi connectivity index (χ3n) is 6.96. The van der Waals surface area contributed by atoms with Crippen molar-refractivity contribution in [2.45, 2.75) is 63.3 Å². The first-order valence-corrected chi connectivity index (χ1v) is 11.7. The number of nitrogens with two attached hydrogens (primary N) is 1. The zero-order valence-electron chi connectivity index (χ0n) is 21.1. The van der Waals surface area contributed by atoms with Crippen LogP contribution < -0.4 is 5.73 Å². The van der Waals surface area contributed by atoms with Gasteiger partial charge in [-0.2, -0.15) is 0 Å². The van der Waals surface area contributed by atoms with Gasteiger partial charge in [0.1, 0.15) is 0 Å². The Morgan fingerprint density at radius 2 is 1.30 bits per heavy atom. The van der Waals surface area contributed by atoms with Crippen molar-refractivity contribution in [2.24, 2.45) is 5.73 Å². The van der Waals surface area contributed by atoms with Crippen molar-refractivity contribution < 1.29 is 9.90 Å². The largest absolute Gasteiger partial charge is 0.465 e. The number of benzene rings is 2. The van der Waals surface area contributed by atoms with Crippen LogP contribution in [0.2, 0.25) is 0 Å². The van der Waals surface area contributed by atoms with Crippen molar-refractivity contribution in [1.82, 2.24) is 14.7 Å². The molecule has 2 aromatic carbocycles. The lowest BCUT2D eigenvalue weighted by Crippen LogP contribution is -2.52. The molecule has 0 unspecified atom stereocenters. The van der Waals surface area contributed by atoms with Crippen LogP contribution in [0, 0.1) is 0 Å². The molecule has 0 radical (unpaired) electrons. The molecule has 4 atom stereocenters. The molecule has 2 aliphatic rings. The van der Waals surface area contributed by atoms with Gasteiger partial charge in [-0.15, -0.1) is 0 Å². The molecule has 0 bridgehead atoms. The van der Waals surface area contributed by atoms with Gasteiger partial charge in [-0.25, -0.2) is 4.79 Å². The normalized spacial score (nSPS) is 23.7. The molecule has 6 nitrogen and oxygen atoms in total. The minimum Gasteiger partial charge on any atom is -0.465 e. The van der Waals surface area contributed by atoms with E-state index in [1.807, 2.05) is 47.0 Å². The van der Waals surface area contributed by atoms with Crippen molar-refractivity contribution in [3.05, 3.63) is 70.8 Å². The molecule has 0 saturated heterocycles. The molecule has 0 spiro atoms. The molecule has 0 fully saturated rings. The maximum Gasteiger partial charge on any atom is 0.408 e. The Kier molecular flexibility index (Phi) is 7.52. The van der Waals surface area contributed by atoms with Crippen LogP contribution in [0.4, 0.5) is 4.79 Å². The first-order valence-electron chi connectivity index (χ1n) is 11.7. The smallest absolute Gasteiger partial charge is 0.408 e. The van der Waals surface area contributed by atoms with E-state index < -0.39 is 11.6 Å². The summed E-state index contributed by atoms with van der Waals surface area (Å²) in [6.45, 7) is 5.86. The van der Waals surface area contributed by atoms with Gasteiger partial charge in [0.15, 0.2) is 0 Å². The zero-order chi connectivity index (χ0) is 24.5. The number of carboxylic acid groups (broad SMARTS) is 1. The molecular weight excluding hydrogens is 412 g/mol. The fraction of sp³-hybridized carbons (Fsp3) is 0.519. The Morgan fingerprint density at radius 3 is 1.76 bits per heavy atom. The maximum absolute atomic E-state index is 11.8. The van der Waals surface area contributed by atoms with Gasteiger partial charge in [-0.05, 0) is 84.1 Å². The van der Waals surface area contributed by atoms with Crippen molar-refractivity contribution in [1.29, 1.82) is 0 Å². The molecule has 2 aliphatic carbocycles. The lowest BCUT2D eigenvalue weighted by Gasteiger charge is -2.42. The Morgan fingerprint density at radius 1 is 0.848 bits per heavy atom. The lowest BCUT2D eigenvalue weighted by molar-refractivity contribution is 0.0430. The van der Waals surface area contributed by atoms with Gasteiger partial charge in [0.05, 0.1) is 6.04 Å². The zero-order valence-corrected chi connectivity index (χ0v) is 21.1. The van der Waals surface area contributed by atoms with Gasteiger partial charge in [0.25, 0.3) is 0 Å². The Balaban J connectivity index is 0.000000203. The second-order valence-corrected chi connectivity index (χ2v) is 10.7. The molecule has 0 aromatic heterocycles. The van der Waals surface area contributed by atoms with Gasteiger partial charge in [-0.1, -0.05) is 48.5 Å². The summed E-state index contributed by atoms with van der Waals surface area (Å²) in [5.74, 6) is 0.